The quantitative estimate of drug-likeness (QED) is 0.591. The van der Waals surface area contributed by atoms with Crippen molar-refractivity contribution in [2.24, 2.45) is 0 Å². The van der Waals surface area contributed by atoms with Crippen LogP contribution in [0.25, 0.3) is 0 Å². The van der Waals surface area contributed by atoms with Crippen LogP contribution in [0.4, 0.5) is 4.79 Å². The third kappa shape index (κ3) is 7.03. The van der Waals surface area contributed by atoms with Crippen LogP contribution in [0.1, 0.15) is 47.6 Å². The van der Waals surface area contributed by atoms with Gasteiger partial charge in [-0.2, -0.15) is 0 Å². The number of urea groups is 1. The van der Waals surface area contributed by atoms with Crippen LogP contribution >= 0.6 is 11.3 Å². The highest BCUT2D eigenvalue weighted by Gasteiger charge is 2.13. The van der Waals surface area contributed by atoms with Gasteiger partial charge < -0.3 is 20.7 Å². The van der Waals surface area contributed by atoms with Crippen LogP contribution in [0.5, 0.6) is 0 Å². The summed E-state index contributed by atoms with van der Waals surface area (Å²) < 4.78 is 5.06. The monoisotopic (exact) mass is 403 g/mol. The lowest BCUT2D eigenvalue weighted by atomic mass is 10.1. The molecular weight excluding hydrogens is 378 g/mol. The molecular formula is C20H25N3O4S. The predicted molar refractivity (Wildman–Crippen MR) is 108 cm³/mol. The molecule has 0 aliphatic heterocycles. The highest BCUT2D eigenvalue weighted by atomic mass is 32.1. The molecule has 0 fully saturated rings. The largest absolute Gasteiger partial charge is 0.452 e. The molecule has 0 aliphatic carbocycles. The molecule has 1 aromatic heterocycles. The Hall–Kier alpha value is -2.87. The molecule has 0 aliphatic rings. The molecule has 0 saturated heterocycles. The number of rotatable bonds is 8. The standard InChI is InChI=1S/C20H25N3O4S/c1-13(2)22-20(26)21-11-15-6-8-16(9-7-15)19(25)27-12-18(24)23-14(3)17-5-4-10-28-17/h4-10,13-14H,11-12H2,1-3H3,(H,23,24)(H2,21,22,26)/t14-/m0/s1. The first-order valence-electron chi connectivity index (χ1n) is 8.98. The second kappa shape index (κ2) is 10.5. The summed E-state index contributed by atoms with van der Waals surface area (Å²) in [6.45, 7) is 5.63. The fraction of sp³-hybridized carbons (Fsp3) is 0.350. The lowest BCUT2D eigenvalue weighted by Crippen LogP contribution is -2.39. The van der Waals surface area contributed by atoms with E-state index in [1.165, 1.54) is 0 Å². The zero-order valence-electron chi connectivity index (χ0n) is 16.2. The van der Waals surface area contributed by atoms with E-state index in [-0.39, 0.29) is 30.6 Å². The minimum Gasteiger partial charge on any atom is -0.452 e. The summed E-state index contributed by atoms with van der Waals surface area (Å²) in [5.74, 6) is -0.928. The van der Waals surface area contributed by atoms with Crippen molar-refractivity contribution in [3.63, 3.8) is 0 Å². The molecule has 150 valence electrons. The van der Waals surface area contributed by atoms with Crippen molar-refractivity contribution >= 4 is 29.2 Å². The molecule has 0 bridgehead atoms. The molecule has 0 radical (unpaired) electrons. The normalized spacial score (nSPS) is 11.6. The van der Waals surface area contributed by atoms with E-state index in [2.05, 4.69) is 16.0 Å². The first-order chi connectivity index (χ1) is 13.3. The van der Waals surface area contributed by atoms with Gasteiger partial charge >= 0.3 is 12.0 Å². The van der Waals surface area contributed by atoms with Gasteiger partial charge in [-0.3, -0.25) is 4.79 Å². The van der Waals surface area contributed by atoms with Gasteiger partial charge in [0.25, 0.3) is 5.91 Å². The number of carbonyl (C=O) groups is 3. The Morgan fingerprint density at radius 2 is 1.75 bits per heavy atom. The third-order valence-corrected chi connectivity index (χ3v) is 4.80. The van der Waals surface area contributed by atoms with Crippen molar-refractivity contribution in [1.29, 1.82) is 0 Å². The maximum absolute atomic E-state index is 12.1. The Bertz CT molecular complexity index is 788. The predicted octanol–water partition coefficient (Wildman–Crippen LogP) is 2.99. The number of carbonyl (C=O) groups excluding carboxylic acids is 3. The molecule has 8 heteroatoms. The summed E-state index contributed by atoms with van der Waals surface area (Å²) in [5.41, 5.74) is 1.19. The molecule has 3 N–H and O–H groups in total. The van der Waals surface area contributed by atoms with Gasteiger partial charge in [0.15, 0.2) is 6.61 Å². The zero-order valence-corrected chi connectivity index (χ0v) is 17.0. The van der Waals surface area contributed by atoms with E-state index in [1.807, 2.05) is 38.3 Å². The number of hydrogen-bond acceptors (Lipinski definition) is 5. The Balaban J connectivity index is 1.76. The summed E-state index contributed by atoms with van der Waals surface area (Å²) in [5, 5.41) is 10.2. The van der Waals surface area contributed by atoms with Crippen LogP contribution in [0, 0.1) is 0 Å². The highest BCUT2D eigenvalue weighted by Crippen LogP contribution is 2.17. The minimum absolute atomic E-state index is 0.0580. The van der Waals surface area contributed by atoms with Crippen molar-refractivity contribution in [2.75, 3.05) is 6.61 Å². The number of amides is 3. The maximum atomic E-state index is 12.1. The zero-order chi connectivity index (χ0) is 20.5. The average Bonchev–Trinajstić information content (AvgIpc) is 3.19. The van der Waals surface area contributed by atoms with E-state index >= 15 is 0 Å². The number of thiophene rings is 1. The van der Waals surface area contributed by atoms with Crippen molar-refractivity contribution in [3.05, 3.63) is 57.8 Å². The molecule has 1 aromatic carbocycles. The summed E-state index contributed by atoms with van der Waals surface area (Å²) in [6, 6.07) is 10.2. The van der Waals surface area contributed by atoms with Crippen molar-refractivity contribution in [2.45, 2.75) is 39.4 Å². The fourth-order valence-corrected chi connectivity index (χ4v) is 3.10. The Labute approximate surface area is 168 Å². The van der Waals surface area contributed by atoms with Gasteiger partial charge in [0, 0.05) is 17.5 Å². The SMILES string of the molecule is CC(C)NC(=O)NCc1ccc(C(=O)OCC(=O)N[C@@H](C)c2cccs2)cc1. The lowest BCUT2D eigenvalue weighted by molar-refractivity contribution is -0.124. The maximum Gasteiger partial charge on any atom is 0.338 e. The molecule has 0 unspecified atom stereocenters. The highest BCUT2D eigenvalue weighted by molar-refractivity contribution is 7.10. The number of ether oxygens (including phenoxy) is 1. The van der Waals surface area contributed by atoms with Crippen molar-refractivity contribution < 1.29 is 19.1 Å². The molecule has 2 rings (SSSR count). The number of benzene rings is 1. The summed E-state index contributed by atoms with van der Waals surface area (Å²) in [7, 11) is 0. The first-order valence-corrected chi connectivity index (χ1v) is 9.86. The van der Waals surface area contributed by atoms with Gasteiger partial charge in [0.1, 0.15) is 0 Å². The van der Waals surface area contributed by atoms with Gasteiger partial charge in [-0.05, 0) is 49.9 Å². The topological polar surface area (TPSA) is 96.5 Å². The van der Waals surface area contributed by atoms with Gasteiger partial charge in [0.2, 0.25) is 0 Å². The van der Waals surface area contributed by atoms with Crippen molar-refractivity contribution in [3.8, 4) is 0 Å². The fourth-order valence-electron chi connectivity index (χ4n) is 2.36. The number of esters is 1. The Kier molecular flexibility index (Phi) is 8.01. The van der Waals surface area contributed by atoms with Crippen LogP contribution in [-0.2, 0) is 16.1 Å². The second-order valence-corrected chi connectivity index (χ2v) is 7.54. The third-order valence-electron chi connectivity index (χ3n) is 3.74. The molecule has 0 saturated carbocycles. The van der Waals surface area contributed by atoms with E-state index in [1.54, 1.807) is 35.6 Å². The molecule has 7 nitrogen and oxygen atoms in total. The van der Waals surface area contributed by atoms with E-state index in [0.717, 1.165) is 10.4 Å². The van der Waals surface area contributed by atoms with Crippen LogP contribution < -0.4 is 16.0 Å². The summed E-state index contributed by atoms with van der Waals surface area (Å²) in [4.78, 5) is 36.6. The molecule has 3 amide bonds. The first kappa shape index (κ1) is 21.4. The van der Waals surface area contributed by atoms with Crippen LogP contribution in [-0.4, -0.2) is 30.6 Å². The summed E-state index contributed by atoms with van der Waals surface area (Å²) >= 11 is 1.55. The van der Waals surface area contributed by atoms with Crippen LogP contribution in [0.15, 0.2) is 41.8 Å². The molecule has 0 spiro atoms. The van der Waals surface area contributed by atoms with Crippen molar-refractivity contribution in [1.82, 2.24) is 16.0 Å². The molecule has 28 heavy (non-hydrogen) atoms. The van der Waals surface area contributed by atoms with Gasteiger partial charge in [-0.15, -0.1) is 11.3 Å². The molecule has 2 aromatic rings. The second-order valence-electron chi connectivity index (χ2n) is 6.56. The van der Waals surface area contributed by atoms with Gasteiger partial charge in [-0.1, -0.05) is 18.2 Å². The molecule has 1 heterocycles. The Morgan fingerprint density at radius 1 is 1.04 bits per heavy atom. The number of nitrogens with one attached hydrogen (secondary N) is 3. The Morgan fingerprint density at radius 3 is 2.36 bits per heavy atom. The van der Waals surface area contributed by atoms with E-state index in [0.29, 0.717) is 12.1 Å². The van der Waals surface area contributed by atoms with E-state index < -0.39 is 5.97 Å². The van der Waals surface area contributed by atoms with Crippen LogP contribution in [0.3, 0.4) is 0 Å². The number of hydrogen-bond donors (Lipinski definition) is 3. The molecule has 1 atom stereocenters. The van der Waals surface area contributed by atoms with Gasteiger partial charge in [0.05, 0.1) is 11.6 Å². The minimum atomic E-state index is -0.573. The van der Waals surface area contributed by atoms with E-state index in [4.69, 9.17) is 4.74 Å². The summed E-state index contributed by atoms with van der Waals surface area (Å²) in [6.07, 6.45) is 0. The lowest BCUT2D eigenvalue weighted by Gasteiger charge is -2.12. The van der Waals surface area contributed by atoms with Crippen LogP contribution in [0.2, 0.25) is 0 Å². The smallest absolute Gasteiger partial charge is 0.338 e. The average molecular weight is 404 g/mol. The van der Waals surface area contributed by atoms with E-state index in [9.17, 15) is 14.4 Å². The van der Waals surface area contributed by atoms with Gasteiger partial charge in [-0.25, -0.2) is 9.59 Å².